The number of pyridine rings is 1. The molecule has 1 aromatic heterocycles. The summed E-state index contributed by atoms with van der Waals surface area (Å²) in [6, 6.07) is 16.5. The Hall–Kier alpha value is -3.12. The summed E-state index contributed by atoms with van der Waals surface area (Å²) >= 11 is 0. The van der Waals surface area contributed by atoms with E-state index in [2.05, 4.69) is 47.2 Å². The number of rotatable bonds is 4. The summed E-state index contributed by atoms with van der Waals surface area (Å²) in [7, 11) is 0. The van der Waals surface area contributed by atoms with Crippen molar-refractivity contribution < 1.29 is 0 Å². The van der Waals surface area contributed by atoms with Crippen LogP contribution in [0.3, 0.4) is 0 Å². The van der Waals surface area contributed by atoms with Crippen molar-refractivity contribution in [2.75, 3.05) is 5.32 Å². The van der Waals surface area contributed by atoms with Crippen molar-refractivity contribution in [3.8, 4) is 17.2 Å². The maximum absolute atomic E-state index is 9.38. The van der Waals surface area contributed by atoms with Crippen LogP contribution in [0.4, 0.5) is 5.82 Å². The number of nitrogens with one attached hydrogen (secondary N) is 1. The first-order valence-electron chi connectivity index (χ1n) is 8.51. The summed E-state index contributed by atoms with van der Waals surface area (Å²) in [6.45, 7) is 6.13. The number of allylic oxidation sites excluding steroid dienone is 1. The van der Waals surface area contributed by atoms with Crippen LogP contribution in [0.25, 0.3) is 21.9 Å². The van der Waals surface area contributed by atoms with E-state index in [4.69, 9.17) is 0 Å². The lowest BCUT2D eigenvalue weighted by Gasteiger charge is -2.10. The Kier molecular flexibility index (Phi) is 3.74. The molecule has 3 heteroatoms. The number of nitrogens with zero attached hydrogens (tertiary/aromatic N) is 2. The molecule has 4 rings (SSSR count). The quantitative estimate of drug-likeness (QED) is 0.697. The fraction of sp³-hybridized carbons (Fsp3) is 0.182. The van der Waals surface area contributed by atoms with Gasteiger partial charge in [-0.15, -0.1) is 0 Å². The third-order valence-corrected chi connectivity index (χ3v) is 4.69. The molecule has 1 heterocycles. The van der Waals surface area contributed by atoms with Crippen LogP contribution in [0, 0.1) is 24.2 Å². The van der Waals surface area contributed by atoms with Gasteiger partial charge in [0, 0.05) is 17.3 Å². The minimum atomic E-state index is 0.602. The average Bonchev–Trinajstić information content (AvgIpc) is 3.46. The lowest BCUT2D eigenvalue weighted by molar-refractivity contribution is 1.01. The first kappa shape index (κ1) is 15.4. The monoisotopic (exact) mass is 325 g/mol. The Morgan fingerprint density at radius 1 is 1.16 bits per heavy atom. The second kappa shape index (κ2) is 6.07. The Labute approximate surface area is 147 Å². The van der Waals surface area contributed by atoms with Gasteiger partial charge in [-0.3, -0.25) is 0 Å². The maximum Gasteiger partial charge on any atom is 0.130 e. The van der Waals surface area contributed by atoms with Gasteiger partial charge in [0.05, 0.1) is 11.6 Å². The molecule has 0 amide bonds. The van der Waals surface area contributed by atoms with Gasteiger partial charge in [-0.25, -0.2) is 4.98 Å². The molecule has 0 unspecified atom stereocenters. The molecule has 1 aliphatic rings. The minimum absolute atomic E-state index is 0.602. The van der Waals surface area contributed by atoms with Crippen molar-refractivity contribution >= 4 is 16.6 Å². The molecule has 0 radical (unpaired) electrons. The van der Waals surface area contributed by atoms with E-state index in [-0.39, 0.29) is 0 Å². The molecule has 122 valence electrons. The van der Waals surface area contributed by atoms with E-state index in [1.807, 2.05) is 31.3 Å². The van der Waals surface area contributed by atoms with E-state index in [0.29, 0.717) is 11.5 Å². The number of anilines is 1. The third-order valence-electron chi connectivity index (χ3n) is 4.69. The zero-order valence-corrected chi connectivity index (χ0v) is 14.2. The molecule has 0 saturated heterocycles. The van der Waals surface area contributed by atoms with E-state index in [0.717, 1.165) is 39.0 Å². The van der Waals surface area contributed by atoms with E-state index < -0.39 is 0 Å². The molecule has 0 spiro atoms. The highest BCUT2D eigenvalue weighted by Gasteiger charge is 2.24. The number of benzene rings is 2. The molecule has 0 atom stereocenters. The number of hydrogen-bond acceptors (Lipinski definition) is 3. The highest BCUT2D eigenvalue weighted by Crippen LogP contribution is 2.36. The van der Waals surface area contributed by atoms with Gasteiger partial charge in [0.15, 0.2) is 0 Å². The summed E-state index contributed by atoms with van der Waals surface area (Å²) in [5.74, 6) is 1.44. The standard InChI is InChI=1S/C22H19N3/c1-14-3-4-19(12-23)21(9-14)18-8-7-17-11-22(24-13-20(17)10-18)25-15(2)16-5-6-16/h3-4,7-11,13,16H,2,5-6H2,1H3,(H,24,25). The summed E-state index contributed by atoms with van der Waals surface area (Å²) in [4.78, 5) is 4.52. The molecule has 3 aromatic rings. The Bertz CT molecular complexity index is 1020. The van der Waals surface area contributed by atoms with Crippen molar-refractivity contribution in [1.29, 1.82) is 5.26 Å². The van der Waals surface area contributed by atoms with Crippen LogP contribution in [0.15, 0.2) is 60.9 Å². The summed E-state index contributed by atoms with van der Waals surface area (Å²) < 4.78 is 0. The van der Waals surface area contributed by atoms with Crippen molar-refractivity contribution in [3.63, 3.8) is 0 Å². The first-order valence-corrected chi connectivity index (χ1v) is 8.51. The van der Waals surface area contributed by atoms with Crippen LogP contribution in [0.2, 0.25) is 0 Å². The van der Waals surface area contributed by atoms with E-state index in [9.17, 15) is 5.26 Å². The fourth-order valence-electron chi connectivity index (χ4n) is 3.07. The summed E-state index contributed by atoms with van der Waals surface area (Å²) in [6.07, 6.45) is 4.32. The molecule has 0 aliphatic heterocycles. The van der Waals surface area contributed by atoms with Crippen LogP contribution in [-0.2, 0) is 0 Å². The maximum atomic E-state index is 9.38. The van der Waals surface area contributed by atoms with Crippen molar-refractivity contribution in [2.45, 2.75) is 19.8 Å². The van der Waals surface area contributed by atoms with Gasteiger partial charge in [0.1, 0.15) is 5.82 Å². The SMILES string of the molecule is C=C(Nc1cc2ccc(-c3cc(C)ccc3C#N)cc2cn1)C1CC1. The number of hydrogen-bond donors (Lipinski definition) is 1. The molecule has 3 nitrogen and oxygen atoms in total. The molecule has 1 N–H and O–H groups in total. The van der Waals surface area contributed by atoms with Gasteiger partial charge in [-0.05, 0) is 60.4 Å². The lowest BCUT2D eigenvalue weighted by atomic mass is 9.96. The predicted octanol–water partition coefficient (Wildman–Crippen LogP) is 5.42. The number of aryl methyl sites for hydroxylation is 1. The molecule has 25 heavy (non-hydrogen) atoms. The van der Waals surface area contributed by atoms with E-state index >= 15 is 0 Å². The van der Waals surface area contributed by atoms with Crippen LogP contribution in [-0.4, -0.2) is 4.98 Å². The molecular formula is C22H19N3. The van der Waals surface area contributed by atoms with Gasteiger partial charge < -0.3 is 5.32 Å². The smallest absolute Gasteiger partial charge is 0.130 e. The number of nitriles is 1. The largest absolute Gasteiger partial charge is 0.344 e. The van der Waals surface area contributed by atoms with Crippen molar-refractivity contribution in [1.82, 2.24) is 4.98 Å². The normalized spacial score (nSPS) is 13.4. The Morgan fingerprint density at radius 3 is 2.76 bits per heavy atom. The minimum Gasteiger partial charge on any atom is -0.344 e. The van der Waals surface area contributed by atoms with Gasteiger partial charge in [0.25, 0.3) is 0 Å². The second-order valence-corrected chi connectivity index (χ2v) is 6.72. The van der Waals surface area contributed by atoms with Crippen molar-refractivity contribution in [3.05, 3.63) is 72.1 Å². The molecule has 1 saturated carbocycles. The predicted molar refractivity (Wildman–Crippen MR) is 102 cm³/mol. The lowest BCUT2D eigenvalue weighted by Crippen LogP contribution is -2.01. The van der Waals surface area contributed by atoms with Crippen LogP contribution < -0.4 is 5.32 Å². The topological polar surface area (TPSA) is 48.7 Å². The highest BCUT2D eigenvalue weighted by molar-refractivity contribution is 5.89. The zero-order valence-electron chi connectivity index (χ0n) is 14.2. The molecule has 1 aliphatic carbocycles. The molecule has 0 bridgehead atoms. The van der Waals surface area contributed by atoms with Gasteiger partial charge in [-0.2, -0.15) is 5.26 Å². The zero-order chi connectivity index (χ0) is 17.4. The van der Waals surface area contributed by atoms with Gasteiger partial charge >= 0.3 is 0 Å². The van der Waals surface area contributed by atoms with Crippen molar-refractivity contribution in [2.24, 2.45) is 5.92 Å². The van der Waals surface area contributed by atoms with E-state index in [1.165, 1.54) is 12.8 Å². The number of aromatic nitrogens is 1. The summed E-state index contributed by atoms with van der Waals surface area (Å²) in [5, 5.41) is 14.9. The second-order valence-electron chi connectivity index (χ2n) is 6.72. The van der Waals surface area contributed by atoms with Crippen LogP contribution in [0.5, 0.6) is 0 Å². The van der Waals surface area contributed by atoms with Crippen LogP contribution in [0.1, 0.15) is 24.0 Å². The van der Waals surface area contributed by atoms with Gasteiger partial charge in [-0.1, -0.05) is 36.4 Å². The Morgan fingerprint density at radius 2 is 2.00 bits per heavy atom. The molecule has 1 fully saturated rings. The average molecular weight is 325 g/mol. The third kappa shape index (κ3) is 3.12. The molecule has 2 aromatic carbocycles. The van der Waals surface area contributed by atoms with Gasteiger partial charge in [0.2, 0.25) is 0 Å². The summed E-state index contributed by atoms with van der Waals surface area (Å²) in [5.41, 5.74) is 4.90. The fourth-order valence-corrected chi connectivity index (χ4v) is 3.07. The van der Waals surface area contributed by atoms with E-state index in [1.54, 1.807) is 0 Å². The Balaban J connectivity index is 1.70. The highest BCUT2D eigenvalue weighted by atomic mass is 15.0. The van der Waals surface area contributed by atoms with Crippen LogP contribution >= 0.6 is 0 Å². The molecular weight excluding hydrogens is 306 g/mol. The number of fused-ring (bicyclic) bond motifs is 1. The first-order chi connectivity index (χ1) is 12.1.